The summed E-state index contributed by atoms with van der Waals surface area (Å²) in [6.07, 6.45) is 6.77. The van der Waals surface area contributed by atoms with E-state index in [-0.39, 0.29) is 12.1 Å². The van der Waals surface area contributed by atoms with Gasteiger partial charge in [0, 0.05) is 19.6 Å². The van der Waals surface area contributed by atoms with Crippen LogP contribution in [0.2, 0.25) is 0 Å². The Bertz CT molecular complexity index is 224. The molecule has 1 saturated heterocycles. The van der Waals surface area contributed by atoms with E-state index < -0.39 is 5.60 Å². The van der Waals surface area contributed by atoms with Crippen molar-refractivity contribution in [2.75, 3.05) is 13.2 Å². The normalized spacial score (nSPS) is 34.0. The highest BCUT2D eigenvalue weighted by Gasteiger charge is 2.39. The molecule has 0 aromatic carbocycles. The maximum absolute atomic E-state index is 10.1. The third-order valence-electron chi connectivity index (χ3n) is 2.92. The Morgan fingerprint density at radius 2 is 2.50 bits per heavy atom. The fourth-order valence-corrected chi connectivity index (χ4v) is 1.62. The number of nitrogens with one attached hydrogen (secondary N) is 1. The minimum Gasteiger partial charge on any atom is -0.386 e. The third kappa shape index (κ3) is 2.48. The number of rotatable bonds is 4. The molecule has 1 aliphatic heterocycles. The Hall–Kier alpha value is -0.560. The second-order valence-electron chi connectivity index (χ2n) is 3.87. The second-order valence-corrected chi connectivity index (χ2v) is 3.87. The van der Waals surface area contributed by atoms with Gasteiger partial charge in [-0.25, -0.2) is 0 Å². The Morgan fingerprint density at radius 3 is 2.93 bits per heavy atom. The average molecular weight is 197 g/mol. The van der Waals surface area contributed by atoms with Crippen LogP contribution in [-0.2, 0) is 4.74 Å². The molecule has 0 bridgehead atoms. The molecule has 0 radical (unpaired) electrons. The first-order valence-electron chi connectivity index (χ1n) is 5.16. The molecule has 0 saturated carbocycles. The van der Waals surface area contributed by atoms with Gasteiger partial charge in [-0.05, 0) is 13.3 Å². The topological polar surface area (TPSA) is 41.5 Å². The highest BCUT2D eigenvalue weighted by atomic mass is 16.5. The minimum atomic E-state index is -0.746. The summed E-state index contributed by atoms with van der Waals surface area (Å²) in [6, 6.07) is 0.0480. The van der Waals surface area contributed by atoms with Gasteiger partial charge in [0.05, 0.1) is 12.1 Å². The number of ether oxygens (including phenoxy) is 1. The summed E-state index contributed by atoms with van der Waals surface area (Å²) < 4.78 is 5.33. The smallest absolute Gasteiger partial charge is 0.105 e. The Morgan fingerprint density at radius 1 is 1.79 bits per heavy atom. The van der Waals surface area contributed by atoms with Crippen LogP contribution in [0.1, 0.15) is 26.7 Å². The highest BCUT2D eigenvalue weighted by Crippen LogP contribution is 2.24. The molecule has 2 N–H and O–H groups in total. The first-order valence-corrected chi connectivity index (χ1v) is 5.16. The lowest BCUT2D eigenvalue weighted by molar-refractivity contribution is -0.0268. The molecule has 14 heavy (non-hydrogen) atoms. The van der Waals surface area contributed by atoms with Crippen molar-refractivity contribution in [2.45, 2.75) is 44.4 Å². The Balaban J connectivity index is 2.40. The van der Waals surface area contributed by atoms with E-state index in [9.17, 15) is 5.11 Å². The number of hydrogen-bond acceptors (Lipinski definition) is 3. The molecule has 3 atom stereocenters. The number of terminal acetylenes is 1. The molecule has 80 valence electrons. The minimum absolute atomic E-state index is 0.0480. The molecule has 3 unspecified atom stereocenters. The molecule has 1 heterocycles. The van der Waals surface area contributed by atoms with Crippen molar-refractivity contribution in [3.63, 3.8) is 0 Å². The van der Waals surface area contributed by atoms with Crippen molar-refractivity contribution >= 4 is 0 Å². The Kier molecular flexibility index (Phi) is 3.94. The largest absolute Gasteiger partial charge is 0.386 e. The number of hydrogen-bond donors (Lipinski definition) is 2. The number of aliphatic hydroxyl groups is 1. The van der Waals surface area contributed by atoms with E-state index in [4.69, 9.17) is 11.2 Å². The van der Waals surface area contributed by atoms with Crippen molar-refractivity contribution in [1.82, 2.24) is 5.32 Å². The van der Waals surface area contributed by atoms with E-state index >= 15 is 0 Å². The van der Waals surface area contributed by atoms with Crippen LogP contribution in [0.4, 0.5) is 0 Å². The summed E-state index contributed by atoms with van der Waals surface area (Å²) in [6.45, 7) is 5.06. The predicted octanol–water partition coefficient (Wildman–Crippen LogP) is 0.528. The average Bonchev–Trinajstić information content (AvgIpc) is 2.49. The van der Waals surface area contributed by atoms with Crippen LogP contribution >= 0.6 is 0 Å². The van der Waals surface area contributed by atoms with Gasteiger partial charge in [0.2, 0.25) is 0 Å². The lowest BCUT2D eigenvalue weighted by atomic mass is 9.96. The van der Waals surface area contributed by atoms with Gasteiger partial charge in [-0.1, -0.05) is 12.8 Å². The quantitative estimate of drug-likeness (QED) is 0.646. The van der Waals surface area contributed by atoms with Gasteiger partial charge in [0.1, 0.15) is 5.60 Å². The van der Waals surface area contributed by atoms with Crippen molar-refractivity contribution in [2.24, 2.45) is 0 Å². The van der Waals surface area contributed by atoms with Crippen molar-refractivity contribution in [3.05, 3.63) is 0 Å². The first-order chi connectivity index (χ1) is 6.62. The van der Waals surface area contributed by atoms with E-state index in [2.05, 4.69) is 11.2 Å². The zero-order valence-corrected chi connectivity index (χ0v) is 8.92. The van der Waals surface area contributed by atoms with Crippen LogP contribution < -0.4 is 5.32 Å². The SMILES string of the molecule is C#CC(CC)NCC1(O)CCOC1C. The molecule has 3 nitrogen and oxygen atoms in total. The van der Waals surface area contributed by atoms with Gasteiger partial charge in [-0.3, -0.25) is 0 Å². The maximum Gasteiger partial charge on any atom is 0.105 e. The fraction of sp³-hybridized carbons (Fsp3) is 0.818. The molecule has 0 aromatic rings. The lowest BCUT2D eigenvalue weighted by Crippen LogP contribution is -2.48. The summed E-state index contributed by atoms with van der Waals surface area (Å²) in [5.41, 5.74) is -0.746. The van der Waals surface area contributed by atoms with Crippen LogP contribution in [0, 0.1) is 12.3 Å². The van der Waals surface area contributed by atoms with Gasteiger partial charge < -0.3 is 15.2 Å². The predicted molar refractivity (Wildman–Crippen MR) is 55.9 cm³/mol. The summed E-state index contributed by atoms with van der Waals surface area (Å²) in [7, 11) is 0. The van der Waals surface area contributed by atoms with Gasteiger partial charge in [0.15, 0.2) is 0 Å². The van der Waals surface area contributed by atoms with E-state index in [0.717, 1.165) is 6.42 Å². The summed E-state index contributed by atoms with van der Waals surface area (Å²) in [5, 5.41) is 13.3. The molecule has 0 aromatic heterocycles. The first kappa shape index (κ1) is 11.5. The molecule has 1 fully saturated rings. The highest BCUT2D eigenvalue weighted by molar-refractivity contribution is 5.00. The molecule has 1 aliphatic rings. The third-order valence-corrected chi connectivity index (χ3v) is 2.92. The lowest BCUT2D eigenvalue weighted by Gasteiger charge is -2.27. The van der Waals surface area contributed by atoms with Gasteiger partial charge in [-0.15, -0.1) is 6.42 Å². The van der Waals surface area contributed by atoms with Crippen LogP contribution in [0.15, 0.2) is 0 Å². The zero-order chi connectivity index (χ0) is 10.6. The molecule has 0 spiro atoms. The maximum atomic E-state index is 10.1. The van der Waals surface area contributed by atoms with Gasteiger partial charge >= 0.3 is 0 Å². The van der Waals surface area contributed by atoms with Crippen LogP contribution in [0.3, 0.4) is 0 Å². The zero-order valence-electron chi connectivity index (χ0n) is 8.92. The fourth-order valence-electron chi connectivity index (χ4n) is 1.62. The van der Waals surface area contributed by atoms with Gasteiger partial charge in [-0.2, -0.15) is 0 Å². The molecule has 0 aliphatic carbocycles. The van der Waals surface area contributed by atoms with Crippen LogP contribution in [0.5, 0.6) is 0 Å². The van der Waals surface area contributed by atoms with E-state index in [0.29, 0.717) is 19.6 Å². The standard InChI is InChI=1S/C11H19NO2/c1-4-10(5-2)12-8-11(13)6-7-14-9(11)3/h1,9-10,12-13H,5-8H2,2-3H3. The van der Waals surface area contributed by atoms with Crippen molar-refractivity contribution < 1.29 is 9.84 Å². The molecular formula is C11H19NO2. The molecule has 0 amide bonds. The van der Waals surface area contributed by atoms with E-state index in [1.54, 1.807) is 0 Å². The van der Waals surface area contributed by atoms with Crippen LogP contribution in [0.25, 0.3) is 0 Å². The van der Waals surface area contributed by atoms with Crippen LogP contribution in [-0.4, -0.2) is 36.0 Å². The van der Waals surface area contributed by atoms with Crippen molar-refractivity contribution in [3.8, 4) is 12.3 Å². The summed E-state index contributed by atoms with van der Waals surface area (Å²) >= 11 is 0. The van der Waals surface area contributed by atoms with E-state index in [1.807, 2.05) is 13.8 Å². The second kappa shape index (κ2) is 4.79. The monoisotopic (exact) mass is 197 g/mol. The summed E-state index contributed by atoms with van der Waals surface area (Å²) in [4.78, 5) is 0. The molecule has 3 heteroatoms. The van der Waals surface area contributed by atoms with Crippen molar-refractivity contribution in [1.29, 1.82) is 0 Å². The van der Waals surface area contributed by atoms with Gasteiger partial charge in [0.25, 0.3) is 0 Å². The Labute approximate surface area is 85.8 Å². The molecular weight excluding hydrogens is 178 g/mol. The van der Waals surface area contributed by atoms with E-state index in [1.165, 1.54) is 0 Å². The summed E-state index contributed by atoms with van der Waals surface area (Å²) in [5.74, 6) is 2.64. The molecule has 1 rings (SSSR count).